The Morgan fingerprint density at radius 3 is 2.43 bits per heavy atom. The van der Waals surface area contributed by atoms with Crippen LogP contribution >= 0.6 is 0 Å². The van der Waals surface area contributed by atoms with Crippen molar-refractivity contribution < 1.29 is 28.5 Å². The quantitative estimate of drug-likeness (QED) is 0.293. The van der Waals surface area contributed by atoms with E-state index in [1.54, 1.807) is 33.3 Å². The van der Waals surface area contributed by atoms with Crippen LogP contribution in [0, 0.1) is 11.8 Å². The summed E-state index contributed by atoms with van der Waals surface area (Å²) in [5.74, 6) is 1.95. The first-order valence-corrected chi connectivity index (χ1v) is 12.4. The van der Waals surface area contributed by atoms with Gasteiger partial charge in [-0.05, 0) is 84.9 Å². The molecule has 35 heavy (non-hydrogen) atoms. The van der Waals surface area contributed by atoms with Gasteiger partial charge in [-0.15, -0.1) is 0 Å². The number of hydrogen-bond acceptors (Lipinski definition) is 6. The maximum atomic E-state index is 12.2. The Labute approximate surface area is 209 Å². The number of allylic oxidation sites excluding steroid dienone is 2. The monoisotopic (exact) mass is 485 g/mol. The van der Waals surface area contributed by atoms with Gasteiger partial charge in [-0.2, -0.15) is 0 Å². The zero-order chi connectivity index (χ0) is 25.4. The third kappa shape index (κ3) is 6.73. The van der Waals surface area contributed by atoms with Crippen LogP contribution in [0.2, 0.25) is 0 Å². The Morgan fingerprint density at radius 1 is 1.06 bits per heavy atom. The molecule has 1 saturated carbocycles. The first kappa shape index (κ1) is 27.0. The Kier molecular flexibility index (Phi) is 9.93. The summed E-state index contributed by atoms with van der Waals surface area (Å²) in [7, 11) is 6.64. The van der Waals surface area contributed by atoms with Gasteiger partial charge in [-0.1, -0.05) is 13.0 Å². The molecule has 0 spiro atoms. The molecule has 3 rings (SSSR count). The molecule has 0 bridgehead atoms. The number of carbonyl (C=O) groups excluding carboxylic acids is 2. The fourth-order valence-corrected chi connectivity index (χ4v) is 5.15. The highest BCUT2D eigenvalue weighted by molar-refractivity contribution is 6.23. The van der Waals surface area contributed by atoms with Gasteiger partial charge in [0, 0.05) is 27.3 Å². The summed E-state index contributed by atoms with van der Waals surface area (Å²) in [5, 5.41) is 0. The molecule has 4 atom stereocenters. The van der Waals surface area contributed by atoms with Crippen molar-refractivity contribution in [3.8, 4) is 11.5 Å². The lowest BCUT2D eigenvalue weighted by Gasteiger charge is -2.40. The van der Waals surface area contributed by atoms with E-state index in [1.165, 1.54) is 11.1 Å². The maximum absolute atomic E-state index is 12.2. The molecule has 0 aromatic heterocycles. The Morgan fingerprint density at radius 2 is 1.77 bits per heavy atom. The molecule has 7 heteroatoms. The van der Waals surface area contributed by atoms with E-state index in [1.807, 2.05) is 18.2 Å². The SMILES string of the molecule is COc1ccc(CCN(CCCC(C)C[C@H]2CC3=C[C@@H](OC)C(OC)C=C32)C(=O)C=O)cc1OC. The van der Waals surface area contributed by atoms with E-state index in [4.69, 9.17) is 18.9 Å². The lowest BCUT2D eigenvalue weighted by molar-refractivity contribution is -0.138. The molecule has 0 aliphatic heterocycles. The van der Waals surface area contributed by atoms with Crippen molar-refractivity contribution in [3.05, 3.63) is 47.1 Å². The molecule has 0 saturated heterocycles. The van der Waals surface area contributed by atoms with Crippen LogP contribution in [0.15, 0.2) is 41.5 Å². The smallest absolute Gasteiger partial charge is 0.286 e. The van der Waals surface area contributed by atoms with E-state index >= 15 is 0 Å². The third-order valence-electron chi connectivity index (χ3n) is 7.20. The summed E-state index contributed by atoms with van der Waals surface area (Å²) in [4.78, 5) is 25.1. The molecule has 2 unspecified atom stereocenters. The number of amides is 1. The van der Waals surface area contributed by atoms with Crippen molar-refractivity contribution in [1.29, 1.82) is 0 Å². The molecule has 0 N–H and O–H groups in total. The summed E-state index contributed by atoms with van der Waals surface area (Å²) >= 11 is 0. The second-order valence-corrected chi connectivity index (χ2v) is 9.48. The van der Waals surface area contributed by atoms with E-state index < -0.39 is 5.91 Å². The lowest BCUT2D eigenvalue weighted by Crippen LogP contribution is -2.36. The topological polar surface area (TPSA) is 74.3 Å². The van der Waals surface area contributed by atoms with Gasteiger partial charge in [-0.25, -0.2) is 0 Å². The van der Waals surface area contributed by atoms with E-state index in [0.29, 0.717) is 49.1 Å². The van der Waals surface area contributed by atoms with Crippen molar-refractivity contribution in [1.82, 2.24) is 4.90 Å². The predicted octanol–water partition coefficient (Wildman–Crippen LogP) is 4.00. The lowest BCUT2D eigenvalue weighted by atomic mass is 9.67. The minimum atomic E-state index is -0.461. The molecule has 0 radical (unpaired) electrons. The molecule has 1 amide bonds. The minimum Gasteiger partial charge on any atom is -0.493 e. The summed E-state index contributed by atoms with van der Waals surface area (Å²) < 4.78 is 21.7. The van der Waals surface area contributed by atoms with Gasteiger partial charge in [-0.3, -0.25) is 9.59 Å². The van der Waals surface area contributed by atoms with Gasteiger partial charge in [0.25, 0.3) is 5.91 Å². The fourth-order valence-electron chi connectivity index (χ4n) is 5.15. The highest BCUT2D eigenvalue weighted by atomic mass is 16.5. The number of ether oxygens (including phenoxy) is 4. The molecular weight excluding hydrogens is 446 g/mol. The molecule has 1 fully saturated rings. The Balaban J connectivity index is 1.47. The van der Waals surface area contributed by atoms with Crippen LogP contribution in [0.5, 0.6) is 11.5 Å². The van der Waals surface area contributed by atoms with Crippen LogP contribution in [-0.4, -0.2) is 70.8 Å². The zero-order valence-electron chi connectivity index (χ0n) is 21.6. The number of carbonyl (C=O) groups is 2. The summed E-state index contributed by atoms with van der Waals surface area (Å²) in [6, 6.07) is 5.72. The normalized spacial score (nSPS) is 21.7. The largest absolute Gasteiger partial charge is 0.493 e. The van der Waals surface area contributed by atoms with Gasteiger partial charge >= 0.3 is 0 Å². The average Bonchev–Trinajstić information content (AvgIpc) is 2.88. The molecule has 192 valence electrons. The molecular formula is C28H39NO6. The highest BCUT2D eigenvalue weighted by Crippen LogP contribution is 2.46. The van der Waals surface area contributed by atoms with Crippen LogP contribution in [0.3, 0.4) is 0 Å². The van der Waals surface area contributed by atoms with E-state index in [-0.39, 0.29) is 12.2 Å². The first-order chi connectivity index (χ1) is 16.9. The molecule has 1 aromatic carbocycles. The number of hydrogen-bond donors (Lipinski definition) is 0. The van der Waals surface area contributed by atoms with Crippen LogP contribution in [0.25, 0.3) is 0 Å². The average molecular weight is 486 g/mol. The number of methoxy groups -OCH3 is 4. The number of rotatable bonds is 14. The van der Waals surface area contributed by atoms with Gasteiger partial charge in [0.1, 0.15) is 12.2 Å². The van der Waals surface area contributed by atoms with Crippen LogP contribution < -0.4 is 9.47 Å². The van der Waals surface area contributed by atoms with Gasteiger partial charge in [0.15, 0.2) is 11.5 Å². The highest BCUT2D eigenvalue weighted by Gasteiger charge is 2.36. The molecule has 1 aromatic rings. The summed E-state index contributed by atoms with van der Waals surface area (Å²) in [5.41, 5.74) is 3.82. The number of fused-ring (bicyclic) bond motifs is 1. The van der Waals surface area contributed by atoms with Gasteiger partial charge in [0.05, 0.1) is 14.2 Å². The van der Waals surface area contributed by atoms with E-state index in [2.05, 4.69) is 19.1 Å². The number of aldehydes is 1. The fraction of sp³-hybridized carbons (Fsp3) is 0.571. The third-order valence-corrected chi connectivity index (χ3v) is 7.20. The standard InChI is InChI=1S/C28H39NO6/c1-19(13-21-15-22-16-26(34-4)27(35-5)17-23(21)22)7-6-11-29(28(31)18-30)12-10-20-8-9-24(32-2)25(14-20)33-3/h8-9,14,16-19,21,26-27H,6-7,10-13,15H2,1-5H3/t19?,21-,26+,27?/m0/s1. The molecule has 2 aliphatic carbocycles. The minimum absolute atomic E-state index is 0.00235. The van der Waals surface area contributed by atoms with Crippen molar-refractivity contribution in [3.63, 3.8) is 0 Å². The Hall–Kier alpha value is -2.64. The van der Waals surface area contributed by atoms with Crippen molar-refractivity contribution in [2.24, 2.45) is 11.8 Å². The van der Waals surface area contributed by atoms with Crippen LogP contribution in [0.4, 0.5) is 0 Å². The van der Waals surface area contributed by atoms with E-state index in [9.17, 15) is 9.59 Å². The van der Waals surface area contributed by atoms with Crippen molar-refractivity contribution in [2.75, 3.05) is 41.5 Å². The molecule has 2 aliphatic rings. The van der Waals surface area contributed by atoms with Crippen LogP contribution in [-0.2, 0) is 25.5 Å². The van der Waals surface area contributed by atoms with E-state index in [0.717, 1.165) is 31.2 Å². The van der Waals surface area contributed by atoms with Gasteiger partial charge in [0.2, 0.25) is 6.29 Å². The molecule has 0 heterocycles. The Bertz CT molecular complexity index is 939. The second-order valence-electron chi connectivity index (χ2n) is 9.48. The zero-order valence-corrected chi connectivity index (χ0v) is 21.6. The number of nitrogens with zero attached hydrogens (tertiary/aromatic N) is 1. The van der Waals surface area contributed by atoms with Crippen LogP contribution in [0.1, 0.15) is 38.2 Å². The first-order valence-electron chi connectivity index (χ1n) is 12.4. The maximum Gasteiger partial charge on any atom is 0.286 e. The van der Waals surface area contributed by atoms with Gasteiger partial charge < -0.3 is 23.8 Å². The van der Waals surface area contributed by atoms with Crippen molar-refractivity contribution >= 4 is 12.2 Å². The van der Waals surface area contributed by atoms with Crippen molar-refractivity contribution in [2.45, 2.75) is 51.2 Å². The number of benzene rings is 1. The predicted molar refractivity (Wildman–Crippen MR) is 135 cm³/mol. The molecule has 7 nitrogen and oxygen atoms in total. The summed E-state index contributed by atoms with van der Waals surface area (Å²) in [6.07, 6.45) is 9.54. The summed E-state index contributed by atoms with van der Waals surface area (Å²) in [6.45, 7) is 3.34. The second kappa shape index (κ2) is 12.9.